The van der Waals surface area contributed by atoms with Gasteiger partial charge in [-0.25, -0.2) is 0 Å². The molecule has 0 aromatic heterocycles. The average molecular weight is 297 g/mol. The predicted octanol–water partition coefficient (Wildman–Crippen LogP) is 1.69. The van der Waals surface area contributed by atoms with Crippen LogP contribution in [0.25, 0.3) is 0 Å². The molecule has 3 unspecified atom stereocenters. The molecule has 1 saturated carbocycles. The Morgan fingerprint density at radius 2 is 2.00 bits per heavy atom. The lowest BCUT2D eigenvalue weighted by Gasteiger charge is -2.31. The van der Waals surface area contributed by atoms with Crippen LogP contribution in [-0.4, -0.2) is 71.9 Å². The van der Waals surface area contributed by atoms with Crippen LogP contribution in [0.15, 0.2) is 0 Å². The van der Waals surface area contributed by atoms with Crippen LogP contribution < -0.4 is 5.32 Å². The van der Waals surface area contributed by atoms with Crippen molar-refractivity contribution in [3.63, 3.8) is 0 Å². The van der Waals surface area contributed by atoms with Gasteiger partial charge in [-0.15, -0.1) is 0 Å². The second kappa shape index (κ2) is 7.91. The van der Waals surface area contributed by atoms with E-state index in [1.807, 2.05) is 0 Å². The van der Waals surface area contributed by atoms with Crippen molar-refractivity contribution in [2.45, 2.75) is 70.5 Å². The van der Waals surface area contributed by atoms with Gasteiger partial charge >= 0.3 is 0 Å². The zero-order valence-corrected chi connectivity index (χ0v) is 14.3. The molecule has 2 fully saturated rings. The molecule has 4 nitrogen and oxygen atoms in total. The van der Waals surface area contributed by atoms with Crippen LogP contribution in [0.1, 0.15) is 52.9 Å². The Morgan fingerprint density at radius 1 is 1.24 bits per heavy atom. The molecule has 0 aromatic carbocycles. The fourth-order valence-corrected chi connectivity index (χ4v) is 4.30. The third-order valence-electron chi connectivity index (χ3n) is 5.68. The standard InChI is InChI=1S/C17H35N3O/c1-4-10-18-17(14-21)9-7-15(12-17)20-11-8-16(13-20)19(5-2)6-3/h15-16,18,21H,4-14H2,1-3H3. The number of likely N-dealkylation sites (tertiary alicyclic amines) is 1. The molecule has 1 aliphatic heterocycles. The molecule has 1 saturated heterocycles. The molecule has 3 atom stereocenters. The highest BCUT2D eigenvalue weighted by Gasteiger charge is 2.42. The molecule has 1 aliphatic carbocycles. The molecule has 0 amide bonds. The SMILES string of the molecule is CCCNC1(CO)CCC(N2CCC(N(CC)CC)C2)C1. The van der Waals surface area contributed by atoms with Crippen molar-refractivity contribution in [3.8, 4) is 0 Å². The Kier molecular flexibility index (Phi) is 6.48. The Morgan fingerprint density at radius 3 is 2.62 bits per heavy atom. The van der Waals surface area contributed by atoms with Crippen molar-refractivity contribution >= 4 is 0 Å². The Balaban J connectivity index is 1.87. The molecule has 0 aromatic rings. The lowest BCUT2D eigenvalue weighted by Crippen LogP contribution is -2.48. The normalized spacial score (nSPS) is 34.1. The molecule has 21 heavy (non-hydrogen) atoms. The number of aliphatic hydroxyl groups is 1. The van der Waals surface area contributed by atoms with Crippen molar-refractivity contribution in [1.82, 2.24) is 15.1 Å². The summed E-state index contributed by atoms with van der Waals surface area (Å²) in [5.41, 5.74) is -0.00599. The first-order valence-corrected chi connectivity index (χ1v) is 9.02. The maximum atomic E-state index is 9.83. The molecule has 2 N–H and O–H groups in total. The molecular formula is C17H35N3O. The summed E-state index contributed by atoms with van der Waals surface area (Å²) >= 11 is 0. The van der Waals surface area contributed by atoms with Gasteiger partial charge in [0.15, 0.2) is 0 Å². The first-order chi connectivity index (χ1) is 10.2. The number of nitrogens with one attached hydrogen (secondary N) is 1. The lowest BCUT2D eigenvalue weighted by molar-refractivity contribution is 0.145. The van der Waals surface area contributed by atoms with Gasteiger partial charge < -0.3 is 10.4 Å². The summed E-state index contributed by atoms with van der Waals surface area (Å²) in [5, 5.41) is 13.4. The van der Waals surface area contributed by atoms with E-state index in [9.17, 15) is 5.11 Å². The van der Waals surface area contributed by atoms with E-state index in [4.69, 9.17) is 0 Å². The van der Waals surface area contributed by atoms with E-state index >= 15 is 0 Å². The van der Waals surface area contributed by atoms with Crippen LogP contribution in [0.4, 0.5) is 0 Å². The second-order valence-corrected chi connectivity index (χ2v) is 6.92. The lowest BCUT2D eigenvalue weighted by atomic mass is 9.98. The molecule has 2 rings (SSSR count). The minimum atomic E-state index is -0.00599. The third-order valence-corrected chi connectivity index (χ3v) is 5.68. The Hall–Kier alpha value is -0.160. The fraction of sp³-hybridized carbons (Fsp3) is 1.00. The summed E-state index contributed by atoms with van der Waals surface area (Å²) in [7, 11) is 0. The summed E-state index contributed by atoms with van der Waals surface area (Å²) in [6.45, 7) is 12.8. The minimum absolute atomic E-state index is 0.00599. The van der Waals surface area contributed by atoms with Crippen LogP contribution in [-0.2, 0) is 0 Å². The van der Waals surface area contributed by atoms with Crippen LogP contribution in [0.5, 0.6) is 0 Å². The molecule has 2 aliphatic rings. The largest absolute Gasteiger partial charge is 0.394 e. The number of hydrogen-bond donors (Lipinski definition) is 2. The van der Waals surface area contributed by atoms with Crippen molar-refractivity contribution in [1.29, 1.82) is 0 Å². The first-order valence-electron chi connectivity index (χ1n) is 9.02. The highest BCUT2D eigenvalue weighted by atomic mass is 16.3. The maximum Gasteiger partial charge on any atom is 0.0613 e. The van der Waals surface area contributed by atoms with Gasteiger partial charge in [-0.2, -0.15) is 0 Å². The second-order valence-electron chi connectivity index (χ2n) is 6.92. The maximum absolute atomic E-state index is 9.83. The van der Waals surface area contributed by atoms with Crippen molar-refractivity contribution in [3.05, 3.63) is 0 Å². The van der Waals surface area contributed by atoms with Crippen LogP contribution in [0, 0.1) is 0 Å². The summed E-state index contributed by atoms with van der Waals surface area (Å²) < 4.78 is 0. The van der Waals surface area contributed by atoms with Gasteiger partial charge in [0.2, 0.25) is 0 Å². The first kappa shape index (κ1) is 17.2. The van der Waals surface area contributed by atoms with E-state index < -0.39 is 0 Å². The average Bonchev–Trinajstić information content (AvgIpc) is 3.14. The van der Waals surface area contributed by atoms with E-state index in [1.54, 1.807) is 0 Å². The molecular weight excluding hydrogens is 262 g/mol. The molecule has 1 heterocycles. The van der Waals surface area contributed by atoms with Gasteiger partial charge in [-0.05, 0) is 51.7 Å². The highest BCUT2D eigenvalue weighted by molar-refractivity contribution is 5.01. The van der Waals surface area contributed by atoms with E-state index in [2.05, 4.69) is 35.9 Å². The molecule has 0 spiro atoms. The van der Waals surface area contributed by atoms with Gasteiger partial charge in [0.1, 0.15) is 0 Å². The number of rotatable bonds is 8. The van der Waals surface area contributed by atoms with Crippen molar-refractivity contribution in [2.24, 2.45) is 0 Å². The quantitative estimate of drug-likeness (QED) is 0.715. The predicted molar refractivity (Wildman–Crippen MR) is 88.6 cm³/mol. The Bertz CT molecular complexity index is 308. The highest BCUT2D eigenvalue weighted by Crippen LogP contribution is 2.35. The fourth-order valence-electron chi connectivity index (χ4n) is 4.30. The molecule has 124 valence electrons. The number of hydrogen-bond acceptors (Lipinski definition) is 4. The van der Waals surface area contributed by atoms with Gasteiger partial charge in [0.05, 0.1) is 6.61 Å². The topological polar surface area (TPSA) is 38.7 Å². The van der Waals surface area contributed by atoms with Crippen molar-refractivity contribution in [2.75, 3.05) is 39.3 Å². The van der Waals surface area contributed by atoms with E-state index in [0.717, 1.165) is 44.9 Å². The summed E-state index contributed by atoms with van der Waals surface area (Å²) in [5.74, 6) is 0. The Labute approximate surface area is 130 Å². The van der Waals surface area contributed by atoms with Crippen LogP contribution in [0.2, 0.25) is 0 Å². The molecule has 0 radical (unpaired) electrons. The molecule has 0 bridgehead atoms. The zero-order chi connectivity index (χ0) is 15.3. The van der Waals surface area contributed by atoms with Crippen LogP contribution in [0.3, 0.4) is 0 Å². The van der Waals surface area contributed by atoms with E-state index in [1.165, 1.54) is 25.9 Å². The van der Waals surface area contributed by atoms with Crippen LogP contribution >= 0.6 is 0 Å². The van der Waals surface area contributed by atoms with Gasteiger partial charge in [0.25, 0.3) is 0 Å². The number of nitrogens with zero attached hydrogens (tertiary/aromatic N) is 2. The minimum Gasteiger partial charge on any atom is -0.394 e. The van der Waals surface area contributed by atoms with Gasteiger partial charge in [0, 0.05) is 30.7 Å². The monoisotopic (exact) mass is 297 g/mol. The zero-order valence-electron chi connectivity index (χ0n) is 14.3. The number of aliphatic hydroxyl groups excluding tert-OH is 1. The van der Waals surface area contributed by atoms with Gasteiger partial charge in [-0.1, -0.05) is 20.8 Å². The van der Waals surface area contributed by atoms with Crippen molar-refractivity contribution < 1.29 is 5.11 Å². The third kappa shape index (κ3) is 3.98. The summed E-state index contributed by atoms with van der Waals surface area (Å²) in [6.07, 6.45) is 5.93. The van der Waals surface area contributed by atoms with E-state index in [0.29, 0.717) is 6.04 Å². The number of likely N-dealkylation sites (N-methyl/N-ethyl adjacent to an activating group) is 1. The van der Waals surface area contributed by atoms with Gasteiger partial charge in [-0.3, -0.25) is 9.80 Å². The van der Waals surface area contributed by atoms with E-state index in [-0.39, 0.29) is 12.1 Å². The smallest absolute Gasteiger partial charge is 0.0613 e. The summed E-state index contributed by atoms with van der Waals surface area (Å²) in [6, 6.07) is 1.41. The summed E-state index contributed by atoms with van der Waals surface area (Å²) in [4.78, 5) is 5.29. The molecule has 4 heteroatoms.